The van der Waals surface area contributed by atoms with Crippen LogP contribution in [0.15, 0.2) is 23.2 Å². The van der Waals surface area contributed by atoms with Crippen LogP contribution in [0, 0.1) is 12.8 Å². The summed E-state index contributed by atoms with van der Waals surface area (Å²) in [7, 11) is 1.70. The van der Waals surface area contributed by atoms with E-state index in [1.807, 2.05) is 13.0 Å². The molecule has 0 aromatic heterocycles. The van der Waals surface area contributed by atoms with E-state index in [1.165, 1.54) is 0 Å². The lowest BCUT2D eigenvalue weighted by molar-refractivity contribution is 0.411. The van der Waals surface area contributed by atoms with Crippen LogP contribution in [-0.2, 0) is 6.54 Å². The first kappa shape index (κ1) is 20.0. The van der Waals surface area contributed by atoms with Gasteiger partial charge < -0.3 is 15.4 Å². The van der Waals surface area contributed by atoms with Gasteiger partial charge >= 0.3 is 0 Å². The van der Waals surface area contributed by atoms with E-state index in [2.05, 4.69) is 48.5 Å². The number of hydrogen-bond acceptors (Lipinski definition) is 2. The summed E-state index contributed by atoms with van der Waals surface area (Å²) in [5.41, 5.74) is 2.29. The Balaban J connectivity index is 0.00000400. The van der Waals surface area contributed by atoms with Crippen LogP contribution in [0.2, 0.25) is 0 Å². The van der Waals surface area contributed by atoms with Crippen molar-refractivity contribution in [3.8, 4) is 5.75 Å². The molecule has 2 N–H and O–H groups in total. The zero-order chi connectivity index (χ0) is 15.0. The molecule has 0 saturated heterocycles. The van der Waals surface area contributed by atoms with Crippen molar-refractivity contribution >= 4 is 29.9 Å². The van der Waals surface area contributed by atoms with Gasteiger partial charge in [0.05, 0.1) is 13.7 Å². The van der Waals surface area contributed by atoms with Crippen molar-refractivity contribution in [2.75, 3.05) is 20.2 Å². The quantitative estimate of drug-likeness (QED) is 0.434. The van der Waals surface area contributed by atoms with Crippen LogP contribution < -0.4 is 15.4 Å². The summed E-state index contributed by atoms with van der Waals surface area (Å²) < 4.78 is 5.34. The molecule has 0 amide bonds. The highest BCUT2D eigenvalue weighted by Gasteiger charge is 2.02. The van der Waals surface area contributed by atoms with Gasteiger partial charge in [0, 0.05) is 13.1 Å². The number of methoxy groups -OCH3 is 1. The maximum atomic E-state index is 5.34. The predicted octanol–water partition coefficient (Wildman–Crippen LogP) is 3.33. The highest BCUT2D eigenvalue weighted by Crippen LogP contribution is 2.19. The first-order valence-corrected chi connectivity index (χ1v) is 7.22. The van der Waals surface area contributed by atoms with Gasteiger partial charge in [-0.1, -0.05) is 26.0 Å². The molecule has 0 atom stereocenters. The number of aryl methyl sites for hydroxylation is 1. The van der Waals surface area contributed by atoms with Crippen LogP contribution in [0.1, 0.15) is 31.9 Å². The number of aliphatic imine (C=N–C) groups is 1. The Kier molecular flexibility index (Phi) is 10.2. The molecule has 0 spiro atoms. The summed E-state index contributed by atoms with van der Waals surface area (Å²) in [5, 5.41) is 6.59. The van der Waals surface area contributed by atoms with E-state index in [9.17, 15) is 0 Å². The molecule has 5 heteroatoms. The molecule has 0 bridgehead atoms. The lowest BCUT2D eigenvalue weighted by Gasteiger charge is -2.13. The Morgan fingerprint density at radius 1 is 1.29 bits per heavy atom. The molecule has 0 fully saturated rings. The fourth-order valence-corrected chi connectivity index (χ4v) is 1.78. The van der Waals surface area contributed by atoms with E-state index in [1.54, 1.807) is 7.11 Å². The molecule has 0 heterocycles. The number of hydrogen-bond donors (Lipinski definition) is 2. The van der Waals surface area contributed by atoms with Crippen LogP contribution >= 0.6 is 24.0 Å². The topological polar surface area (TPSA) is 45.7 Å². The minimum atomic E-state index is 0. The molecular weight excluding hydrogens is 377 g/mol. The number of nitrogens with one attached hydrogen (secondary N) is 2. The van der Waals surface area contributed by atoms with Gasteiger partial charge in [0.15, 0.2) is 5.96 Å². The highest BCUT2D eigenvalue weighted by atomic mass is 127. The third-order valence-electron chi connectivity index (χ3n) is 2.91. The van der Waals surface area contributed by atoms with Crippen LogP contribution in [0.5, 0.6) is 5.75 Å². The predicted molar refractivity (Wildman–Crippen MR) is 101 cm³/mol. The van der Waals surface area contributed by atoms with Crippen molar-refractivity contribution in [3.05, 3.63) is 29.3 Å². The van der Waals surface area contributed by atoms with Crippen LogP contribution in [0.3, 0.4) is 0 Å². The molecular formula is C16H28IN3O. The zero-order valence-corrected chi connectivity index (χ0v) is 16.0. The molecule has 0 aliphatic heterocycles. The van der Waals surface area contributed by atoms with Crippen molar-refractivity contribution in [2.45, 2.75) is 34.2 Å². The summed E-state index contributed by atoms with van der Waals surface area (Å²) in [6.45, 7) is 10.9. The largest absolute Gasteiger partial charge is 0.496 e. The fourth-order valence-electron chi connectivity index (χ4n) is 1.78. The van der Waals surface area contributed by atoms with Crippen LogP contribution in [0.25, 0.3) is 0 Å². The van der Waals surface area contributed by atoms with E-state index >= 15 is 0 Å². The Morgan fingerprint density at radius 2 is 2.00 bits per heavy atom. The Morgan fingerprint density at radius 3 is 2.57 bits per heavy atom. The molecule has 120 valence electrons. The van der Waals surface area contributed by atoms with E-state index < -0.39 is 0 Å². The molecule has 1 rings (SSSR count). The summed E-state index contributed by atoms with van der Waals surface area (Å²) in [4.78, 5) is 4.60. The third kappa shape index (κ3) is 7.55. The number of guanidine groups is 1. The lowest BCUT2D eigenvalue weighted by atomic mass is 10.1. The van der Waals surface area contributed by atoms with Gasteiger partial charge in [-0.3, -0.25) is 0 Å². The highest BCUT2D eigenvalue weighted by molar-refractivity contribution is 14.0. The zero-order valence-electron chi connectivity index (χ0n) is 13.7. The van der Waals surface area contributed by atoms with Gasteiger partial charge in [-0.15, -0.1) is 24.0 Å². The molecule has 0 unspecified atom stereocenters. The van der Waals surface area contributed by atoms with Gasteiger partial charge in [0.2, 0.25) is 0 Å². The molecule has 1 aromatic carbocycles. The van der Waals surface area contributed by atoms with Gasteiger partial charge in [0.1, 0.15) is 5.75 Å². The average Bonchev–Trinajstić information content (AvgIpc) is 2.43. The number of ether oxygens (including phenoxy) is 1. The second-order valence-electron chi connectivity index (χ2n) is 5.27. The van der Waals surface area contributed by atoms with Crippen molar-refractivity contribution < 1.29 is 4.74 Å². The van der Waals surface area contributed by atoms with Gasteiger partial charge in [-0.05, 0) is 37.0 Å². The van der Waals surface area contributed by atoms with E-state index in [0.29, 0.717) is 12.5 Å². The summed E-state index contributed by atoms with van der Waals surface area (Å²) in [5.74, 6) is 2.37. The van der Waals surface area contributed by atoms with Crippen LogP contribution in [0.4, 0.5) is 0 Å². The standard InChI is InChI=1S/C16H27N3O.HI/c1-6-17-16(18-10-12(2)3)19-11-14-8-7-13(4)15(9-14)20-5;/h7-9,12H,6,10-11H2,1-5H3,(H2,17,18,19);1H. The minimum absolute atomic E-state index is 0. The lowest BCUT2D eigenvalue weighted by Crippen LogP contribution is -2.39. The monoisotopic (exact) mass is 405 g/mol. The number of rotatable bonds is 6. The van der Waals surface area contributed by atoms with Crippen molar-refractivity contribution in [1.29, 1.82) is 0 Å². The number of halogens is 1. The van der Waals surface area contributed by atoms with Crippen molar-refractivity contribution in [3.63, 3.8) is 0 Å². The minimum Gasteiger partial charge on any atom is -0.496 e. The molecule has 0 radical (unpaired) electrons. The van der Waals surface area contributed by atoms with E-state index in [0.717, 1.165) is 35.9 Å². The molecule has 1 aromatic rings. The second-order valence-corrected chi connectivity index (χ2v) is 5.27. The molecule has 0 saturated carbocycles. The Bertz CT molecular complexity index is 447. The smallest absolute Gasteiger partial charge is 0.191 e. The Hall–Kier alpha value is -0.980. The molecule has 0 aliphatic carbocycles. The SMILES string of the molecule is CCNC(=NCc1ccc(C)c(OC)c1)NCC(C)C.I. The summed E-state index contributed by atoms with van der Waals surface area (Å²) in [6.07, 6.45) is 0. The number of benzene rings is 1. The molecule has 4 nitrogen and oxygen atoms in total. The first-order chi connectivity index (χ1) is 9.56. The Labute approximate surface area is 145 Å². The van der Waals surface area contributed by atoms with Crippen molar-refractivity contribution in [1.82, 2.24) is 10.6 Å². The number of nitrogens with zero attached hydrogens (tertiary/aromatic N) is 1. The van der Waals surface area contributed by atoms with E-state index in [-0.39, 0.29) is 24.0 Å². The summed E-state index contributed by atoms with van der Waals surface area (Å²) >= 11 is 0. The van der Waals surface area contributed by atoms with Gasteiger partial charge in [-0.2, -0.15) is 0 Å². The second kappa shape index (κ2) is 10.7. The van der Waals surface area contributed by atoms with Gasteiger partial charge in [0.25, 0.3) is 0 Å². The first-order valence-electron chi connectivity index (χ1n) is 7.22. The maximum Gasteiger partial charge on any atom is 0.191 e. The molecule has 0 aliphatic rings. The summed E-state index contributed by atoms with van der Waals surface area (Å²) in [6, 6.07) is 6.20. The van der Waals surface area contributed by atoms with Gasteiger partial charge in [-0.25, -0.2) is 4.99 Å². The third-order valence-corrected chi connectivity index (χ3v) is 2.91. The van der Waals surface area contributed by atoms with E-state index in [4.69, 9.17) is 4.74 Å². The normalized spacial score (nSPS) is 11.0. The van der Waals surface area contributed by atoms with Crippen molar-refractivity contribution in [2.24, 2.45) is 10.9 Å². The maximum absolute atomic E-state index is 5.34. The molecule has 21 heavy (non-hydrogen) atoms. The average molecular weight is 405 g/mol. The van der Waals surface area contributed by atoms with Crippen LogP contribution in [-0.4, -0.2) is 26.2 Å². The fraction of sp³-hybridized carbons (Fsp3) is 0.562.